The third-order valence-electron chi connectivity index (χ3n) is 6.17. The molecule has 3 bridgehead atoms. The number of halogens is 2. The molecule has 5 atom stereocenters. The van der Waals surface area contributed by atoms with Crippen LogP contribution in [0.3, 0.4) is 0 Å². The lowest BCUT2D eigenvalue weighted by Gasteiger charge is -2.51. The van der Waals surface area contributed by atoms with Gasteiger partial charge in [-0.25, -0.2) is 0 Å². The summed E-state index contributed by atoms with van der Waals surface area (Å²) in [5.74, 6) is 3.44. The molecule has 0 saturated heterocycles. The van der Waals surface area contributed by atoms with Crippen molar-refractivity contribution in [2.75, 3.05) is 0 Å². The highest BCUT2D eigenvalue weighted by Crippen LogP contribution is 2.59. The molecule has 1 aromatic rings. The zero-order valence-corrected chi connectivity index (χ0v) is 13.3. The van der Waals surface area contributed by atoms with E-state index < -0.39 is 0 Å². The second-order valence-corrected chi connectivity index (χ2v) is 7.57. The second-order valence-electron chi connectivity index (χ2n) is 7.13. The van der Waals surface area contributed by atoms with Crippen molar-refractivity contribution >= 4 is 24.0 Å². The molecule has 4 rings (SSSR count). The van der Waals surface area contributed by atoms with Gasteiger partial charge in [-0.3, -0.25) is 0 Å². The Bertz CT molecular complexity index is 486. The molecule has 3 saturated carbocycles. The monoisotopic (exact) mass is 311 g/mol. The van der Waals surface area contributed by atoms with Crippen molar-refractivity contribution in [1.29, 1.82) is 0 Å². The minimum Gasteiger partial charge on any atom is -0.324 e. The van der Waals surface area contributed by atoms with Gasteiger partial charge in [-0.15, -0.1) is 12.4 Å². The number of rotatable bonds is 2. The zero-order valence-electron chi connectivity index (χ0n) is 11.7. The smallest absolute Gasteiger partial charge is 0.0406 e. The van der Waals surface area contributed by atoms with Crippen LogP contribution in [0.4, 0.5) is 0 Å². The Balaban J connectivity index is 0.00000121. The Hall–Kier alpha value is -0.240. The van der Waals surface area contributed by atoms with Gasteiger partial charge in [-0.1, -0.05) is 23.7 Å². The van der Waals surface area contributed by atoms with Crippen LogP contribution >= 0.6 is 24.0 Å². The zero-order chi connectivity index (χ0) is 13.0. The van der Waals surface area contributed by atoms with Crippen LogP contribution in [-0.4, -0.2) is 5.54 Å². The maximum absolute atomic E-state index is 6.96. The van der Waals surface area contributed by atoms with Crippen LogP contribution in [0.25, 0.3) is 0 Å². The van der Waals surface area contributed by atoms with E-state index in [1.54, 1.807) is 0 Å². The van der Waals surface area contributed by atoms with Gasteiger partial charge in [0.05, 0.1) is 0 Å². The first kappa shape index (κ1) is 14.7. The summed E-state index contributed by atoms with van der Waals surface area (Å²) in [5, 5.41) is 0.820. The first-order valence-corrected chi connectivity index (χ1v) is 8.06. The van der Waals surface area contributed by atoms with Crippen molar-refractivity contribution in [2.45, 2.75) is 44.1 Å². The fourth-order valence-corrected chi connectivity index (χ4v) is 5.49. The van der Waals surface area contributed by atoms with Crippen LogP contribution in [-0.2, 0) is 6.42 Å². The highest BCUT2D eigenvalue weighted by atomic mass is 35.5. The molecule has 110 valence electrons. The minimum absolute atomic E-state index is 0. The van der Waals surface area contributed by atoms with E-state index in [1.807, 2.05) is 12.1 Å². The minimum atomic E-state index is 0. The summed E-state index contributed by atoms with van der Waals surface area (Å²) in [6.07, 6.45) is 8.08. The van der Waals surface area contributed by atoms with Gasteiger partial charge in [0.15, 0.2) is 0 Å². The molecule has 1 nitrogen and oxygen atoms in total. The molecule has 1 aromatic carbocycles. The molecule has 0 amide bonds. The molecule has 0 radical (unpaired) electrons. The molecule has 3 heteroatoms. The van der Waals surface area contributed by atoms with E-state index in [-0.39, 0.29) is 17.9 Å². The number of fused-ring (bicyclic) bond motifs is 2. The summed E-state index contributed by atoms with van der Waals surface area (Å²) >= 11 is 5.98. The maximum Gasteiger partial charge on any atom is 0.0406 e. The molecule has 20 heavy (non-hydrogen) atoms. The fraction of sp³-hybridized carbons (Fsp3) is 0.647. The molecular formula is C17H23Cl2N. The Morgan fingerprint density at radius 1 is 1.10 bits per heavy atom. The normalized spacial score (nSPS) is 41.5. The Labute approximate surface area is 132 Å². The largest absolute Gasteiger partial charge is 0.324 e. The SMILES string of the molecule is Cl.NC1(Cc2ccc(Cl)cc2)C2CCC3CC(C2)CC31. The van der Waals surface area contributed by atoms with E-state index in [4.69, 9.17) is 17.3 Å². The van der Waals surface area contributed by atoms with Gasteiger partial charge < -0.3 is 5.73 Å². The van der Waals surface area contributed by atoms with Gasteiger partial charge in [-0.05, 0) is 79.9 Å². The molecule has 3 fully saturated rings. The third-order valence-corrected chi connectivity index (χ3v) is 6.42. The molecule has 0 heterocycles. The number of hydrogen-bond donors (Lipinski definition) is 1. The van der Waals surface area contributed by atoms with Crippen molar-refractivity contribution in [3.8, 4) is 0 Å². The van der Waals surface area contributed by atoms with Crippen LogP contribution in [0, 0.1) is 23.7 Å². The molecule has 2 N–H and O–H groups in total. The van der Waals surface area contributed by atoms with Crippen molar-refractivity contribution < 1.29 is 0 Å². The van der Waals surface area contributed by atoms with E-state index in [1.165, 1.54) is 37.7 Å². The van der Waals surface area contributed by atoms with Crippen LogP contribution in [0.2, 0.25) is 5.02 Å². The first-order valence-electron chi connectivity index (χ1n) is 7.68. The van der Waals surface area contributed by atoms with Crippen LogP contribution < -0.4 is 5.73 Å². The average Bonchev–Trinajstić information content (AvgIpc) is 2.62. The molecule has 0 spiro atoms. The standard InChI is InChI=1S/C17H22ClN.ClH/c18-15-5-1-11(2-6-15)10-17(19)14-4-3-13-7-12(8-14)9-16(13)17;/h1-2,5-6,12-14,16H,3-4,7-10,19H2;1H. The number of hydrogen-bond acceptors (Lipinski definition) is 1. The predicted molar refractivity (Wildman–Crippen MR) is 86.4 cm³/mol. The first-order chi connectivity index (χ1) is 9.15. The lowest BCUT2D eigenvalue weighted by Crippen LogP contribution is -2.59. The average molecular weight is 312 g/mol. The van der Waals surface area contributed by atoms with Gasteiger partial charge in [-0.2, -0.15) is 0 Å². The molecular weight excluding hydrogens is 289 g/mol. The molecule has 0 aromatic heterocycles. The Kier molecular flexibility index (Phi) is 3.81. The highest BCUT2D eigenvalue weighted by Gasteiger charge is 2.56. The summed E-state index contributed by atoms with van der Waals surface area (Å²) in [6.45, 7) is 0. The van der Waals surface area contributed by atoms with Crippen LogP contribution in [0.5, 0.6) is 0 Å². The van der Waals surface area contributed by atoms with Crippen LogP contribution in [0.15, 0.2) is 24.3 Å². The van der Waals surface area contributed by atoms with Gasteiger partial charge in [0.25, 0.3) is 0 Å². The third kappa shape index (κ3) is 2.19. The van der Waals surface area contributed by atoms with Crippen molar-refractivity contribution in [3.63, 3.8) is 0 Å². The molecule has 0 aliphatic heterocycles. The summed E-state index contributed by atoms with van der Waals surface area (Å²) in [5.41, 5.74) is 8.39. The maximum atomic E-state index is 6.96. The topological polar surface area (TPSA) is 26.0 Å². The Morgan fingerprint density at radius 3 is 2.60 bits per heavy atom. The molecule has 3 aliphatic rings. The lowest BCUT2D eigenvalue weighted by atomic mass is 9.58. The van der Waals surface area contributed by atoms with E-state index >= 15 is 0 Å². The van der Waals surface area contributed by atoms with Crippen molar-refractivity contribution in [2.24, 2.45) is 29.4 Å². The molecule has 3 aliphatic carbocycles. The summed E-state index contributed by atoms with van der Waals surface area (Å²) < 4.78 is 0. The van der Waals surface area contributed by atoms with E-state index in [9.17, 15) is 0 Å². The van der Waals surface area contributed by atoms with Crippen LogP contribution in [0.1, 0.15) is 37.7 Å². The fourth-order valence-electron chi connectivity index (χ4n) is 5.37. The van der Waals surface area contributed by atoms with Crippen molar-refractivity contribution in [3.05, 3.63) is 34.9 Å². The predicted octanol–water partition coefficient (Wildman–Crippen LogP) is 4.46. The summed E-state index contributed by atoms with van der Waals surface area (Å²) in [7, 11) is 0. The molecule has 5 unspecified atom stereocenters. The summed E-state index contributed by atoms with van der Waals surface area (Å²) in [4.78, 5) is 0. The number of nitrogens with two attached hydrogens (primary N) is 1. The van der Waals surface area contributed by atoms with Crippen molar-refractivity contribution in [1.82, 2.24) is 0 Å². The number of benzene rings is 1. The highest BCUT2D eigenvalue weighted by molar-refractivity contribution is 6.30. The van der Waals surface area contributed by atoms with Gasteiger partial charge >= 0.3 is 0 Å². The van der Waals surface area contributed by atoms with E-state index in [0.29, 0.717) is 0 Å². The van der Waals surface area contributed by atoms with E-state index in [2.05, 4.69) is 12.1 Å². The van der Waals surface area contributed by atoms with E-state index in [0.717, 1.165) is 35.1 Å². The van der Waals surface area contributed by atoms with Gasteiger partial charge in [0, 0.05) is 10.6 Å². The Morgan fingerprint density at radius 2 is 1.85 bits per heavy atom. The van der Waals surface area contributed by atoms with Gasteiger partial charge in [0.2, 0.25) is 0 Å². The second kappa shape index (κ2) is 5.19. The lowest BCUT2D eigenvalue weighted by molar-refractivity contribution is 0.0494. The quantitative estimate of drug-likeness (QED) is 0.857. The summed E-state index contributed by atoms with van der Waals surface area (Å²) in [6, 6.07) is 8.31. The van der Waals surface area contributed by atoms with Gasteiger partial charge in [0.1, 0.15) is 0 Å².